The second kappa shape index (κ2) is 5.01. The van der Waals surface area contributed by atoms with Crippen LogP contribution in [0.5, 0.6) is 0 Å². The molecule has 0 atom stereocenters. The molecule has 1 radical (unpaired) electrons. The molecule has 1 aromatic rings. The number of aromatic carboxylic acids is 1. The molecule has 1 aromatic carbocycles. The first-order valence-corrected chi connectivity index (χ1v) is 3.40. The van der Waals surface area contributed by atoms with Crippen molar-refractivity contribution in [3.05, 3.63) is 34.3 Å². The second-order valence-electron chi connectivity index (χ2n) is 1.71. The van der Waals surface area contributed by atoms with Gasteiger partial charge in [-0.3, -0.25) is 0 Å². The van der Waals surface area contributed by atoms with E-state index >= 15 is 0 Å². The number of halogens is 1. The molecule has 2 nitrogen and oxygen atoms in total. The fourth-order valence-electron chi connectivity index (χ4n) is 0.584. The van der Waals surface area contributed by atoms with Gasteiger partial charge in [-0.2, -0.15) is 24.3 Å². The van der Waals surface area contributed by atoms with Crippen molar-refractivity contribution >= 4 is 21.9 Å². The first-order valence-electron chi connectivity index (χ1n) is 2.60. The Hall–Kier alpha value is 0.274. The van der Waals surface area contributed by atoms with E-state index < -0.39 is 5.97 Å². The van der Waals surface area contributed by atoms with E-state index in [4.69, 9.17) is 5.11 Å². The maximum atomic E-state index is 10.4. The van der Waals surface area contributed by atoms with Gasteiger partial charge in [0, 0.05) is 32.7 Å². The molecule has 0 saturated carbocycles. The number of carboxylic acid groups (broad SMARTS) is 1. The van der Waals surface area contributed by atoms with Gasteiger partial charge in [-0.15, -0.1) is 15.9 Å². The molecule has 0 unspecified atom stereocenters. The summed E-state index contributed by atoms with van der Waals surface area (Å²) in [7, 11) is 0. The summed E-state index contributed by atoms with van der Waals surface area (Å²) in [4.78, 5) is 10.4. The minimum Gasteiger partial charge on any atom is -0.479 e. The number of carboxylic acids is 1. The molecule has 0 aliphatic heterocycles. The number of carbonyl (C=O) groups is 1. The van der Waals surface area contributed by atoms with Crippen LogP contribution in [0.25, 0.3) is 0 Å². The first kappa shape index (κ1) is 11.3. The Kier molecular flexibility index (Phi) is 5.14. The van der Waals surface area contributed by atoms with E-state index in [1.165, 1.54) is 6.07 Å². The van der Waals surface area contributed by atoms with Gasteiger partial charge in [-0.05, 0) is 5.56 Å². The van der Waals surface area contributed by atoms with E-state index in [0.717, 1.165) is 0 Å². The number of hydrogen-bond acceptors (Lipinski definition) is 1. The average molecular weight is 289 g/mol. The van der Waals surface area contributed by atoms with Crippen molar-refractivity contribution in [2.75, 3.05) is 0 Å². The summed E-state index contributed by atoms with van der Waals surface area (Å²) in [5.74, 6) is -0.930. The van der Waals surface area contributed by atoms with Gasteiger partial charge in [0.2, 0.25) is 0 Å². The molecule has 0 fully saturated rings. The molecular weight excluding hydrogens is 285 g/mol. The molecule has 0 saturated heterocycles. The zero-order valence-corrected chi connectivity index (χ0v) is 9.97. The van der Waals surface area contributed by atoms with Crippen molar-refractivity contribution in [3.8, 4) is 0 Å². The summed E-state index contributed by atoms with van der Waals surface area (Å²) >= 11 is 3.08. The molecule has 0 heterocycles. The van der Waals surface area contributed by atoms with Crippen LogP contribution in [-0.4, -0.2) is 11.1 Å². The molecule has 0 aliphatic carbocycles. The van der Waals surface area contributed by atoms with Crippen LogP contribution in [0.2, 0.25) is 0 Å². The third-order valence-electron chi connectivity index (χ3n) is 1.04. The Morgan fingerprint density at radius 1 is 1.64 bits per heavy atom. The van der Waals surface area contributed by atoms with Gasteiger partial charge < -0.3 is 5.11 Å². The van der Waals surface area contributed by atoms with Crippen molar-refractivity contribution < 1.29 is 42.6 Å². The summed E-state index contributed by atoms with van der Waals surface area (Å²) in [6, 6.07) is 7.37. The van der Waals surface area contributed by atoms with Gasteiger partial charge in [-0.25, -0.2) is 4.79 Å². The van der Waals surface area contributed by atoms with Gasteiger partial charge in [0.05, 0.1) is 0 Å². The molecule has 1 N–H and O–H groups in total. The topological polar surface area (TPSA) is 37.3 Å². The van der Waals surface area contributed by atoms with E-state index in [9.17, 15) is 4.79 Å². The summed E-state index contributed by atoms with van der Waals surface area (Å²) in [6.07, 6.45) is 0. The number of rotatable bonds is 1. The van der Waals surface area contributed by atoms with Crippen molar-refractivity contribution in [1.29, 1.82) is 0 Å². The van der Waals surface area contributed by atoms with E-state index in [2.05, 4.69) is 22.0 Å². The van der Waals surface area contributed by atoms with Crippen LogP contribution in [-0.2, 0) is 32.7 Å². The molecular formula is C7H4BrO2Y-. The molecule has 0 aromatic heterocycles. The van der Waals surface area contributed by atoms with Crippen molar-refractivity contribution in [3.63, 3.8) is 0 Å². The first-order chi connectivity index (χ1) is 4.72. The molecule has 0 aliphatic rings. The SMILES string of the molecule is O=C(O)c1cc[c-]cc1Br.[Y]. The average Bonchev–Trinajstić information content (AvgIpc) is 1.88. The largest absolute Gasteiger partial charge is 0.479 e. The Bertz CT molecular complexity index is 262. The number of benzene rings is 1. The molecule has 55 valence electrons. The quantitative estimate of drug-likeness (QED) is 0.802. The monoisotopic (exact) mass is 288 g/mol. The maximum absolute atomic E-state index is 10.4. The van der Waals surface area contributed by atoms with Crippen LogP contribution in [0.3, 0.4) is 0 Å². The zero-order valence-electron chi connectivity index (χ0n) is 5.54. The van der Waals surface area contributed by atoms with Gasteiger partial charge >= 0.3 is 5.97 Å². The fourth-order valence-corrected chi connectivity index (χ4v) is 1.02. The third-order valence-corrected chi connectivity index (χ3v) is 1.70. The predicted molar refractivity (Wildman–Crippen MR) is 39.9 cm³/mol. The molecule has 11 heavy (non-hydrogen) atoms. The van der Waals surface area contributed by atoms with Crippen LogP contribution in [0.15, 0.2) is 22.7 Å². The van der Waals surface area contributed by atoms with Crippen LogP contribution in [0, 0.1) is 6.07 Å². The third kappa shape index (κ3) is 3.01. The summed E-state index contributed by atoms with van der Waals surface area (Å²) in [6.45, 7) is 0. The van der Waals surface area contributed by atoms with Gasteiger partial charge in [0.25, 0.3) is 0 Å². The molecule has 4 heteroatoms. The molecule has 0 amide bonds. The van der Waals surface area contributed by atoms with E-state index in [1.54, 1.807) is 12.1 Å². The molecule has 1 rings (SSSR count). The van der Waals surface area contributed by atoms with Gasteiger partial charge in [0.15, 0.2) is 0 Å². The van der Waals surface area contributed by atoms with Crippen molar-refractivity contribution in [1.82, 2.24) is 0 Å². The zero-order chi connectivity index (χ0) is 7.56. The van der Waals surface area contributed by atoms with Crippen LogP contribution < -0.4 is 0 Å². The van der Waals surface area contributed by atoms with Crippen LogP contribution >= 0.6 is 15.9 Å². The summed E-state index contributed by atoms with van der Waals surface area (Å²) < 4.78 is 0.558. The minimum atomic E-state index is -0.930. The Morgan fingerprint density at radius 2 is 2.27 bits per heavy atom. The van der Waals surface area contributed by atoms with Gasteiger partial charge in [0.1, 0.15) is 0 Å². The normalized spacial score (nSPS) is 8.45. The maximum Gasteiger partial charge on any atom is 0.312 e. The molecule has 0 spiro atoms. The smallest absolute Gasteiger partial charge is 0.312 e. The van der Waals surface area contributed by atoms with Gasteiger partial charge in [-0.1, -0.05) is 4.47 Å². The number of hydrogen-bond donors (Lipinski definition) is 1. The van der Waals surface area contributed by atoms with E-state index in [1.807, 2.05) is 0 Å². The van der Waals surface area contributed by atoms with Crippen molar-refractivity contribution in [2.45, 2.75) is 0 Å². The van der Waals surface area contributed by atoms with Crippen LogP contribution in [0.1, 0.15) is 10.4 Å². The van der Waals surface area contributed by atoms with Crippen molar-refractivity contribution in [2.24, 2.45) is 0 Å². The van der Waals surface area contributed by atoms with Crippen LogP contribution in [0.4, 0.5) is 0 Å². The fraction of sp³-hybridized carbons (Fsp3) is 0. The predicted octanol–water partition coefficient (Wildman–Crippen LogP) is 1.94. The minimum absolute atomic E-state index is 0. The molecule has 0 bridgehead atoms. The Labute approximate surface area is 98.0 Å². The summed E-state index contributed by atoms with van der Waals surface area (Å²) in [5, 5.41) is 8.52. The second-order valence-corrected chi connectivity index (χ2v) is 2.57. The standard InChI is InChI=1S/C7H4BrO2.Y/c8-6-4-2-1-3-5(6)7(9)10;/h1,3-4H,(H,9,10);/q-1;. The Morgan fingerprint density at radius 3 is 2.64 bits per heavy atom. The Balaban J connectivity index is 0.000001000. The van der Waals surface area contributed by atoms with E-state index in [0.29, 0.717) is 4.47 Å². The van der Waals surface area contributed by atoms with E-state index in [-0.39, 0.29) is 38.3 Å². The summed E-state index contributed by atoms with van der Waals surface area (Å²) in [5.41, 5.74) is 0.263.